The van der Waals surface area contributed by atoms with Crippen molar-refractivity contribution < 1.29 is 0 Å². The Morgan fingerprint density at radius 3 is 2.86 bits per heavy atom. The summed E-state index contributed by atoms with van der Waals surface area (Å²) >= 11 is 7.69. The number of hydrogen-bond donors (Lipinski definition) is 0. The average Bonchev–Trinajstić information content (AvgIpc) is 3.18. The molecule has 0 spiro atoms. The molecule has 3 heterocycles. The lowest BCUT2D eigenvalue weighted by atomic mass is 10.1. The Bertz CT molecular complexity index is 817. The van der Waals surface area contributed by atoms with Crippen LogP contribution in [-0.2, 0) is 13.6 Å². The first-order chi connectivity index (χ1) is 10.7. The van der Waals surface area contributed by atoms with Gasteiger partial charge in [0.05, 0.1) is 10.9 Å². The lowest BCUT2D eigenvalue weighted by molar-refractivity contribution is 0.322. The van der Waals surface area contributed by atoms with Gasteiger partial charge in [-0.1, -0.05) is 23.7 Å². The van der Waals surface area contributed by atoms with Gasteiger partial charge < -0.3 is 0 Å². The molecule has 0 saturated carbocycles. The third-order valence-corrected chi connectivity index (χ3v) is 5.35. The van der Waals surface area contributed by atoms with E-state index < -0.39 is 0 Å². The van der Waals surface area contributed by atoms with Crippen LogP contribution in [0.3, 0.4) is 0 Å². The summed E-state index contributed by atoms with van der Waals surface area (Å²) in [7, 11) is 1.96. The molecular formula is C16H17ClN4S. The van der Waals surface area contributed by atoms with E-state index in [0.717, 1.165) is 41.2 Å². The molecule has 114 valence electrons. The Labute approximate surface area is 138 Å². The van der Waals surface area contributed by atoms with Crippen LogP contribution in [0.2, 0.25) is 4.34 Å². The van der Waals surface area contributed by atoms with E-state index in [1.165, 1.54) is 22.9 Å². The van der Waals surface area contributed by atoms with Crippen LogP contribution < -0.4 is 0 Å². The predicted octanol–water partition coefficient (Wildman–Crippen LogP) is 3.95. The minimum absolute atomic E-state index is 0.819. The summed E-state index contributed by atoms with van der Waals surface area (Å²) in [6.45, 7) is 3.17. The minimum atomic E-state index is 0.819. The number of benzene rings is 1. The topological polar surface area (TPSA) is 34.0 Å². The summed E-state index contributed by atoms with van der Waals surface area (Å²) in [5.74, 6) is 1.82. The van der Waals surface area contributed by atoms with Crippen LogP contribution in [0.5, 0.6) is 0 Å². The van der Waals surface area contributed by atoms with E-state index >= 15 is 0 Å². The van der Waals surface area contributed by atoms with Gasteiger partial charge in [0.25, 0.3) is 0 Å². The molecule has 0 amide bonds. The van der Waals surface area contributed by atoms with Gasteiger partial charge >= 0.3 is 0 Å². The summed E-state index contributed by atoms with van der Waals surface area (Å²) in [6, 6.07) is 8.34. The van der Waals surface area contributed by atoms with E-state index in [4.69, 9.17) is 16.6 Å². The second kappa shape index (κ2) is 5.65. The average molecular weight is 333 g/mol. The van der Waals surface area contributed by atoms with Crippen molar-refractivity contribution in [2.75, 3.05) is 13.1 Å². The molecule has 22 heavy (non-hydrogen) atoms. The van der Waals surface area contributed by atoms with Crippen LogP contribution in [0, 0.1) is 0 Å². The monoisotopic (exact) mass is 332 g/mol. The first-order valence-electron chi connectivity index (χ1n) is 7.51. The molecular weight excluding hydrogens is 316 g/mol. The Hall–Kier alpha value is -1.43. The van der Waals surface area contributed by atoms with E-state index in [1.807, 2.05) is 17.8 Å². The number of aryl methyl sites for hydroxylation is 1. The molecule has 0 atom stereocenters. The molecule has 1 aliphatic rings. The Balaban J connectivity index is 1.66. The third kappa shape index (κ3) is 2.64. The van der Waals surface area contributed by atoms with Crippen molar-refractivity contribution >= 4 is 33.0 Å². The SMILES string of the molecule is Cn1nc(CN2CCCC2)nc1-c1ccc2cc(Cl)sc2c1. The highest BCUT2D eigenvalue weighted by molar-refractivity contribution is 7.22. The molecule has 0 bridgehead atoms. The number of halogens is 1. The molecule has 0 unspecified atom stereocenters. The lowest BCUT2D eigenvalue weighted by Crippen LogP contribution is -2.19. The summed E-state index contributed by atoms with van der Waals surface area (Å²) in [5, 5.41) is 5.76. The molecule has 2 aromatic heterocycles. The molecule has 1 fully saturated rings. The van der Waals surface area contributed by atoms with Crippen molar-refractivity contribution in [2.45, 2.75) is 19.4 Å². The van der Waals surface area contributed by atoms with Crippen molar-refractivity contribution in [3.8, 4) is 11.4 Å². The van der Waals surface area contributed by atoms with Gasteiger partial charge in [-0.05, 0) is 43.5 Å². The van der Waals surface area contributed by atoms with E-state index in [1.54, 1.807) is 11.3 Å². The third-order valence-electron chi connectivity index (χ3n) is 4.12. The van der Waals surface area contributed by atoms with Crippen LogP contribution in [0.4, 0.5) is 0 Å². The number of hydrogen-bond acceptors (Lipinski definition) is 4. The highest BCUT2D eigenvalue weighted by Gasteiger charge is 2.16. The largest absolute Gasteiger partial charge is 0.296 e. The zero-order valence-electron chi connectivity index (χ0n) is 12.4. The molecule has 1 aromatic carbocycles. The number of thiophene rings is 1. The number of nitrogens with zero attached hydrogens (tertiary/aromatic N) is 4. The van der Waals surface area contributed by atoms with Gasteiger partial charge in [-0.15, -0.1) is 11.3 Å². The van der Waals surface area contributed by atoms with E-state index in [2.05, 4.69) is 28.2 Å². The zero-order chi connectivity index (χ0) is 15.1. The van der Waals surface area contributed by atoms with Gasteiger partial charge in [0.2, 0.25) is 0 Å². The summed E-state index contributed by atoms with van der Waals surface area (Å²) in [4.78, 5) is 7.16. The summed E-state index contributed by atoms with van der Waals surface area (Å²) in [5.41, 5.74) is 1.09. The quantitative estimate of drug-likeness (QED) is 0.728. The van der Waals surface area contributed by atoms with Crippen LogP contribution >= 0.6 is 22.9 Å². The molecule has 0 aliphatic carbocycles. The fourth-order valence-corrected chi connectivity index (χ4v) is 4.23. The van der Waals surface area contributed by atoms with Crippen LogP contribution in [0.25, 0.3) is 21.5 Å². The summed E-state index contributed by atoms with van der Waals surface area (Å²) < 4.78 is 3.88. The van der Waals surface area contributed by atoms with Gasteiger partial charge in [-0.2, -0.15) is 5.10 Å². The maximum absolute atomic E-state index is 6.09. The van der Waals surface area contributed by atoms with Crippen molar-refractivity contribution in [2.24, 2.45) is 7.05 Å². The van der Waals surface area contributed by atoms with Crippen LogP contribution in [0.15, 0.2) is 24.3 Å². The van der Waals surface area contributed by atoms with Gasteiger partial charge in [-0.25, -0.2) is 9.67 Å². The fourth-order valence-electron chi connectivity index (χ4n) is 3.03. The van der Waals surface area contributed by atoms with Gasteiger partial charge in [-0.3, -0.25) is 4.90 Å². The maximum atomic E-state index is 6.09. The molecule has 1 aliphatic heterocycles. The fraction of sp³-hybridized carbons (Fsp3) is 0.375. The second-order valence-electron chi connectivity index (χ2n) is 5.76. The molecule has 4 nitrogen and oxygen atoms in total. The van der Waals surface area contributed by atoms with Gasteiger partial charge in [0.15, 0.2) is 11.6 Å². The van der Waals surface area contributed by atoms with Gasteiger partial charge in [0.1, 0.15) is 0 Å². The summed E-state index contributed by atoms with van der Waals surface area (Å²) in [6.07, 6.45) is 2.57. The van der Waals surface area contributed by atoms with E-state index in [0.29, 0.717) is 0 Å². The van der Waals surface area contributed by atoms with E-state index in [-0.39, 0.29) is 0 Å². The number of rotatable bonds is 3. The molecule has 0 N–H and O–H groups in total. The van der Waals surface area contributed by atoms with Crippen molar-refractivity contribution in [1.82, 2.24) is 19.7 Å². The predicted molar refractivity (Wildman–Crippen MR) is 91.3 cm³/mol. The number of fused-ring (bicyclic) bond motifs is 1. The molecule has 3 aromatic rings. The Morgan fingerprint density at radius 2 is 2.05 bits per heavy atom. The normalized spacial score (nSPS) is 15.9. The minimum Gasteiger partial charge on any atom is -0.296 e. The number of likely N-dealkylation sites (tertiary alicyclic amines) is 1. The Morgan fingerprint density at radius 1 is 1.23 bits per heavy atom. The smallest absolute Gasteiger partial charge is 0.165 e. The van der Waals surface area contributed by atoms with Crippen molar-refractivity contribution in [1.29, 1.82) is 0 Å². The maximum Gasteiger partial charge on any atom is 0.165 e. The Kier molecular flexibility index (Phi) is 3.64. The molecule has 4 rings (SSSR count). The standard InChI is InChI=1S/C16H17ClN4S/c1-20-16(18-15(19-20)10-21-6-2-3-7-21)12-5-4-11-9-14(17)22-13(11)8-12/h4-5,8-9H,2-3,6-7,10H2,1H3. The first-order valence-corrected chi connectivity index (χ1v) is 8.70. The van der Waals surface area contributed by atoms with E-state index in [9.17, 15) is 0 Å². The molecule has 1 saturated heterocycles. The van der Waals surface area contributed by atoms with Crippen molar-refractivity contribution in [3.63, 3.8) is 0 Å². The molecule has 6 heteroatoms. The lowest BCUT2D eigenvalue weighted by Gasteiger charge is -2.10. The first kappa shape index (κ1) is 14.2. The van der Waals surface area contributed by atoms with Crippen LogP contribution in [0.1, 0.15) is 18.7 Å². The molecule has 0 radical (unpaired) electrons. The van der Waals surface area contributed by atoms with Gasteiger partial charge in [0, 0.05) is 17.3 Å². The zero-order valence-corrected chi connectivity index (χ0v) is 14.0. The number of aromatic nitrogens is 3. The highest BCUT2D eigenvalue weighted by atomic mass is 35.5. The van der Waals surface area contributed by atoms with Crippen LogP contribution in [-0.4, -0.2) is 32.8 Å². The second-order valence-corrected chi connectivity index (χ2v) is 7.48. The highest BCUT2D eigenvalue weighted by Crippen LogP contribution is 2.32. The van der Waals surface area contributed by atoms with Crippen molar-refractivity contribution in [3.05, 3.63) is 34.4 Å².